The fourth-order valence-electron chi connectivity index (χ4n) is 10.9. The van der Waals surface area contributed by atoms with Crippen molar-refractivity contribution in [1.29, 1.82) is 0 Å². The van der Waals surface area contributed by atoms with Crippen molar-refractivity contribution >= 4 is 38.9 Å². The van der Waals surface area contributed by atoms with Gasteiger partial charge in [-0.15, -0.1) is 16.4 Å². The van der Waals surface area contributed by atoms with Gasteiger partial charge in [-0.2, -0.15) is 0 Å². The molecule has 318 valence electrons. The highest BCUT2D eigenvalue weighted by atomic mass is 32.2. The molecule has 1 aliphatic carbocycles. The molecule has 3 amide bonds. The first-order valence-corrected chi connectivity index (χ1v) is 24.7. The molecule has 2 aromatic heterocycles. The van der Waals surface area contributed by atoms with Gasteiger partial charge < -0.3 is 15.1 Å². The number of thiazole rings is 1. The summed E-state index contributed by atoms with van der Waals surface area (Å²) in [5.41, 5.74) is 2.76. The fourth-order valence-corrected chi connectivity index (χ4v) is 12.6. The third kappa shape index (κ3) is 8.87. The van der Waals surface area contributed by atoms with Crippen LogP contribution in [0.2, 0.25) is 0 Å². The first-order valence-electron chi connectivity index (χ1n) is 22.0. The van der Waals surface area contributed by atoms with Gasteiger partial charge in [-0.3, -0.25) is 24.2 Å². The minimum atomic E-state index is -3.34. The van der Waals surface area contributed by atoms with Crippen molar-refractivity contribution in [2.45, 2.75) is 138 Å². The molecule has 1 N–H and O–H groups in total. The van der Waals surface area contributed by atoms with Gasteiger partial charge >= 0.3 is 0 Å². The van der Waals surface area contributed by atoms with Crippen molar-refractivity contribution < 1.29 is 22.8 Å². The number of hydrogen-bond acceptors (Lipinski definition) is 11. The molecule has 0 radical (unpaired) electrons. The topological polar surface area (TPSA) is 154 Å². The van der Waals surface area contributed by atoms with Gasteiger partial charge in [0.2, 0.25) is 17.7 Å². The van der Waals surface area contributed by atoms with E-state index < -0.39 is 15.9 Å². The van der Waals surface area contributed by atoms with Gasteiger partial charge in [0.1, 0.15) is 0 Å². The minimum absolute atomic E-state index is 0.0571. The first-order chi connectivity index (χ1) is 28.4. The fraction of sp³-hybridized carbons (Fsp3) is 0.674. The summed E-state index contributed by atoms with van der Waals surface area (Å²) < 4.78 is 26.3. The zero-order valence-corrected chi connectivity index (χ0v) is 36.1. The molecule has 4 atom stereocenters. The Morgan fingerprint density at radius 3 is 2.24 bits per heavy atom. The van der Waals surface area contributed by atoms with Gasteiger partial charge in [0.25, 0.3) is 0 Å². The van der Waals surface area contributed by atoms with E-state index in [0.717, 1.165) is 65.5 Å². The zero-order valence-electron chi connectivity index (χ0n) is 34.5. The molecule has 11 rings (SSSR count). The van der Waals surface area contributed by atoms with Crippen molar-refractivity contribution in [3.05, 3.63) is 57.3 Å². The molecule has 0 unspecified atom stereocenters. The molecule has 14 nitrogen and oxygen atoms in total. The van der Waals surface area contributed by atoms with Crippen LogP contribution in [-0.2, 0) is 43.6 Å². The van der Waals surface area contributed by atoms with Gasteiger partial charge in [-0.1, -0.05) is 49.5 Å². The number of likely N-dealkylation sites (tertiary alicyclic amines) is 1. The van der Waals surface area contributed by atoms with Gasteiger partial charge in [0.05, 0.1) is 45.8 Å². The Morgan fingerprint density at radius 1 is 0.831 bits per heavy atom. The quantitative estimate of drug-likeness (QED) is 0.387. The molecule has 8 aliphatic rings. The molecule has 1 aromatic carbocycles. The highest BCUT2D eigenvalue weighted by molar-refractivity contribution is 7.90. The lowest BCUT2D eigenvalue weighted by atomic mass is 9.86. The third-order valence-electron chi connectivity index (χ3n) is 14.2. The number of sulfone groups is 1. The molecule has 3 aromatic rings. The second kappa shape index (κ2) is 17.0. The van der Waals surface area contributed by atoms with Gasteiger partial charge in [-0.25, -0.2) is 18.1 Å². The maximum atomic E-state index is 14.6. The molecular weight excluding hydrogens is 787 g/mol. The number of carbonyl (C=O) groups is 3. The summed E-state index contributed by atoms with van der Waals surface area (Å²) in [7, 11) is -3.34. The normalized spacial score (nSPS) is 29.2. The maximum absolute atomic E-state index is 14.6. The third-order valence-corrected chi connectivity index (χ3v) is 16.5. The number of amides is 3. The average Bonchev–Trinajstić information content (AvgIpc) is 4.04. The molecule has 9 heterocycles. The summed E-state index contributed by atoms with van der Waals surface area (Å²) in [6.45, 7) is 6.31. The lowest BCUT2D eigenvalue weighted by molar-refractivity contribution is -0.141. The number of fused-ring (bicyclic) bond motifs is 2. The number of rotatable bonds is 6. The minimum Gasteiger partial charge on any atom is -0.352 e. The molecule has 8 bridgehead atoms. The highest BCUT2D eigenvalue weighted by Crippen LogP contribution is 2.37. The zero-order chi connectivity index (χ0) is 40.8. The van der Waals surface area contributed by atoms with E-state index in [1.165, 1.54) is 38.4 Å². The second-order valence-corrected chi connectivity index (χ2v) is 21.5. The number of benzene rings is 1. The van der Waals surface area contributed by atoms with E-state index in [4.69, 9.17) is 4.98 Å². The van der Waals surface area contributed by atoms with E-state index in [2.05, 4.69) is 36.5 Å². The Balaban J connectivity index is 0.966. The summed E-state index contributed by atoms with van der Waals surface area (Å²) in [5.74, 6) is 1.09. The van der Waals surface area contributed by atoms with E-state index in [1.54, 1.807) is 23.5 Å². The lowest BCUT2D eigenvalue weighted by Crippen LogP contribution is -2.55. The first kappa shape index (κ1) is 40.7. The number of hydrogen-bond donors (Lipinski definition) is 1. The summed E-state index contributed by atoms with van der Waals surface area (Å²) in [6, 6.07) is 6.18. The van der Waals surface area contributed by atoms with Crippen molar-refractivity contribution in [2.24, 2.45) is 5.92 Å². The van der Waals surface area contributed by atoms with Crippen molar-refractivity contribution in [1.82, 2.24) is 44.9 Å². The molecule has 0 spiro atoms. The van der Waals surface area contributed by atoms with E-state index in [1.807, 2.05) is 28.6 Å². The van der Waals surface area contributed by atoms with Crippen LogP contribution < -0.4 is 5.32 Å². The number of aryl methyl sites for hydroxylation is 1. The summed E-state index contributed by atoms with van der Waals surface area (Å²) >= 11 is 1.67. The Kier molecular flexibility index (Phi) is 11.7. The summed E-state index contributed by atoms with van der Waals surface area (Å²) in [6.07, 6.45) is 15.4. The van der Waals surface area contributed by atoms with E-state index in [-0.39, 0.29) is 59.1 Å². The Bertz CT molecular complexity index is 2120. The molecule has 59 heavy (non-hydrogen) atoms. The smallest absolute Gasteiger partial charge is 0.240 e. The predicted octanol–water partition coefficient (Wildman–Crippen LogP) is 3.90. The number of nitrogens with zero attached hydrogens (tertiary/aromatic N) is 8. The average molecular weight is 846 g/mol. The van der Waals surface area contributed by atoms with Gasteiger partial charge in [0, 0.05) is 81.1 Å². The number of nitrogens with one attached hydrogen (secondary N) is 1. The summed E-state index contributed by atoms with van der Waals surface area (Å²) in [4.78, 5) is 57.6. The Hall–Kier alpha value is -3.73. The number of carbonyl (C=O) groups excluding carboxylic acids is 3. The van der Waals surface area contributed by atoms with Crippen LogP contribution in [0.3, 0.4) is 0 Å². The maximum Gasteiger partial charge on any atom is 0.240 e. The SMILES string of the molecule is Cc1sc2nc1CC(=O)N[C@H]1C[C@@H](C(=O)N3CCC(CC3)N3C[C@@H](n4cc(CC5CCCCC5)nn4)C[C@H]3C(=O)N3CCC2CC3)N(Cc2ccc(S(C)(=O)=O)cc2)C1. The van der Waals surface area contributed by atoms with Crippen LogP contribution in [0.1, 0.15) is 109 Å². The number of aromatic nitrogens is 4. The summed E-state index contributed by atoms with van der Waals surface area (Å²) in [5, 5.41) is 13.6. The van der Waals surface area contributed by atoms with Crippen LogP contribution in [0.5, 0.6) is 0 Å². The van der Waals surface area contributed by atoms with Crippen LogP contribution >= 0.6 is 11.3 Å². The standard InChI is InChI=1S/C43H59N9O5S2/c1-28-37-23-40(53)44-32-21-38(50(25-32)24-30-8-10-36(11-9-30)59(2,56)57)42(54)49-18-14-34(15-19-49)51-27-35(52-26-33(46-47-52)20-29-6-4-3-5-7-29)22-39(51)43(55)48-16-12-31(13-17-48)41(45-37)58-28/h8-11,26,29,31-32,34-35,38-39H,3-7,12-25,27H2,1-2H3,(H,44,53)/t32-,35-,38-,39-/m0/s1. The molecule has 16 heteroatoms. The van der Waals surface area contributed by atoms with E-state index in [9.17, 15) is 22.8 Å². The largest absolute Gasteiger partial charge is 0.352 e. The molecule has 4 saturated heterocycles. The van der Waals surface area contributed by atoms with Crippen LogP contribution in [-0.4, -0.2) is 135 Å². The monoisotopic (exact) mass is 845 g/mol. The van der Waals surface area contributed by atoms with Gasteiger partial charge in [0.15, 0.2) is 9.84 Å². The Labute approximate surface area is 352 Å². The lowest BCUT2D eigenvalue weighted by Gasteiger charge is -2.41. The molecule has 5 fully saturated rings. The van der Waals surface area contributed by atoms with Crippen molar-refractivity contribution in [3.63, 3.8) is 0 Å². The van der Waals surface area contributed by atoms with E-state index in [0.29, 0.717) is 58.0 Å². The van der Waals surface area contributed by atoms with Crippen LogP contribution in [0.4, 0.5) is 0 Å². The van der Waals surface area contributed by atoms with E-state index >= 15 is 0 Å². The molecular formula is C43H59N9O5S2. The van der Waals surface area contributed by atoms with Crippen LogP contribution in [0, 0.1) is 12.8 Å². The molecule has 1 saturated carbocycles. The van der Waals surface area contributed by atoms with Crippen LogP contribution in [0.15, 0.2) is 35.4 Å². The van der Waals surface area contributed by atoms with Crippen molar-refractivity contribution in [2.75, 3.05) is 45.5 Å². The second-order valence-electron chi connectivity index (χ2n) is 18.2. The number of piperidine rings is 2. The molecule has 7 aliphatic heterocycles. The van der Waals surface area contributed by atoms with Crippen LogP contribution in [0.25, 0.3) is 0 Å². The van der Waals surface area contributed by atoms with Crippen molar-refractivity contribution in [3.8, 4) is 0 Å². The predicted molar refractivity (Wildman–Crippen MR) is 223 cm³/mol. The Morgan fingerprint density at radius 2 is 1.53 bits per heavy atom. The van der Waals surface area contributed by atoms with Gasteiger partial charge in [-0.05, 0) is 75.5 Å². The highest BCUT2D eigenvalue weighted by Gasteiger charge is 2.46.